The first-order chi connectivity index (χ1) is 11.3. The molecule has 132 valence electrons. The third-order valence-corrected chi connectivity index (χ3v) is 4.79. The van der Waals surface area contributed by atoms with E-state index >= 15 is 0 Å². The first-order valence-corrected chi connectivity index (χ1v) is 8.26. The fourth-order valence-electron chi connectivity index (χ4n) is 2.85. The molecule has 0 aromatic heterocycles. The maximum absolute atomic E-state index is 12.4. The van der Waals surface area contributed by atoms with Crippen LogP contribution in [0.2, 0.25) is 0 Å². The van der Waals surface area contributed by atoms with E-state index in [4.69, 9.17) is 0 Å². The van der Waals surface area contributed by atoms with Crippen LogP contribution in [0.5, 0.6) is 0 Å². The second-order valence-electron chi connectivity index (χ2n) is 6.58. The molecule has 1 unspecified atom stereocenters. The van der Waals surface area contributed by atoms with Crippen molar-refractivity contribution in [1.82, 2.24) is 4.90 Å². The van der Waals surface area contributed by atoms with Crippen LogP contribution in [0.1, 0.15) is 37.0 Å². The van der Waals surface area contributed by atoms with Crippen molar-refractivity contribution in [2.45, 2.75) is 32.7 Å². The number of nitro groups is 1. The number of hydrogen-bond acceptors (Lipinski definition) is 5. The fourth-order valence-corrected chi connectivity index (χ4v) is 2.85. The third kappa shape index (κ3) is 3.84. The smallest absolute Gasteiger partial charge is 0.293 e. The maximum Gasteiger partial charge on any atom is 0.293 e. The van der Waals surface area contributed by atoms with Crippen molar-refractivity contribution in [3.63, 3.8) is 0 Å². The van der Waals surface area contributed by atoms with Crippen LogP contribution in [0.3, 0.4) is 0 Å². The van der Waals surface area contributed by atoms with E-state index in [2.05, 4.69) is 6.92 Å². The lowest BCUT2D eigenvalue weighted by molar-refractivity contribution is -0.384. The van der Waals surface area contributed by atoms with Gasteiger partial charge in [0, 0.05) is 31.8 Å². The van der Waals surface area contributed by atoms with E-state index in [1.54, 1.807) is 26.1 Å². The highest BCUT2D eigenvalue weighted by Gasteiger charge is 2.26. The van der Waals surface area contributed by atoms with Crippen molar-refractivity contribution < 1.29 is 14.8 Å². The number of hydrogen-bond donors (Lipinski definition) is 1. The van der Waals surface area contributed by atoms with Crippen LogP contribution in [0.15, 0.2) is 18.2 Å². The quantitative estimate of drug-likeness (QED) is 0.659. The van der Waals surface area contributed by atoms with Crippen molar-refractivity contribution in [1.29, 1.82) is 0 Å². The molecule has 1 saturated heterocycles. The molecular weight excluding hydrogens is 310 g/mol. The Labute approximate surface area is 142 Å². The van der Waals surface area contributed by atoms with Crippen LogP contribution in [0, 0.1) is 16.0 Å². The molecule has 1 fully saturated rings. The van der Waals surface area contributed by atoms with Gasteiger partial charge in [0.05, 0.1) is 17.6 Å². The van der Waals surface area contributed by atoms with Crippen molar-refractivity contribution >= 4 is 17.3 Å². The van der Waals surface area contributed by atoms with E-state index in [-0.39, 0.29) is 29.8 Å². The Morgan fingerprint density at radius 1 is 1.46 bits per heavy atom. The molecule has 7 nitrogen and oxygen atoms in total. The summed E-state index contributed by atoms with van der Waals surface area (Å²) >= 11 is 0. The van der Waals surface area contributed by atoms with Crippen molar-refractivity contribution in [2.75, 3.05) is 31.6 Å². The maximum atomic E-state index is 12.4. The van der Waals surface area contributed by atoms with Crippen molar-refractivity contribution in [3.8, 4) is 0 Å². The highest BCUT2D eigenvalue weighted by molar-refractivity contribution is 5.95. The molecule has 1 N–H and O–H groups in total. The largest absolute Gasteiger partial charge is 0.394 e. The van der Waals surface area contributed by atoms with E-state index in [0.717, 1.165) is 25.9 Å². The van der Waals surface area contributed by atoms with Crippen LogP contribution in [-0.4, -0.2) is 53.6 Å². The Morgan fingerprint density at radius 3 is 2.62 bits per heavy atom. The number of nitrogens with zero attached hydrogens (tertiary/aromatic N) is 3. The van der Waals surface area contributed by atoms with Crippen LogP contribution >= 0.6 is 0 Å². The molecule has 1 amide bonds. The number of amides is 1. The van der Waals surface area contributed by atoms with Gasteiger partial charge in [0.1, 0.15) is 5.69 Å². The summed E-state index contributed by atoms with van der Waals surface area (Å²) in [7, 11) is 1.58. The number of piperidine rings is 1. The second-order valence-corrected chi connectivity index (χ2v) is 6.58. The summed E-state index contributed by atoms with van der Waals surface area (Å²) in [5.41, 5.74) is 0.792. The van der Waals surface area contributed by atoms with Gasteiger partial charge in [-0.3, -0.25) is 14.9 Å². The van der Waals surface area contributed by atoms with Gasteiger partial charge in [0.25, 0.3) is 11.6 Å². The lowest BCUT2D eigenvalue weighted by atomic mass is 9.98. The zero-order valence-corrected chi connectivity index (χ0v) is 14.4. The average molecular weight is 335 g/mol. The number of anilines is 1. The lowest BCUT2D eigenvalue weighted by Crippen LogP contribution is -2.37. The molecule has 1 aromatic carbocycles. The van der Waals surface area contributed by atoms with Crippen molar-refractivity contribution in [3.05, 3.63) is 33.9 Å². The Hall–Kier alpha value is -2.15. The Kier molecular flexibility index (Phi) is 5.77. The lowest BCUT2D eigenvalue weighted by Gasteiger charge is -2.32. The highest BCUT2D eigenvalue weighted by atomic mass is 16.6. The predicted octanol–water partition coefficient (Wildman–Crippen LogP) is 2.28. The SMILES string of the molecule is CC1CCN(c2ccc(C(=O)N(C)C(C)CO)cc2[N+](=O)[O-])CC1. The Morgan fingerprint density at radius 2 is 2.08 bits per heavy atom. The molecule has 0 saturated carbocycles. The molecule has 0 radical (unpaired) electrons. The number of benzene rings is 1. The van der Waals surface area contributed by atoms with E-state index in [0.29, 0.717) is 11.6 Å². The highest BCUT2D eigenvalue weighted by Crippen LogP contribution is 2.32. The summed E-state index contributed by atoms with van der Waals surface area (Å²) in [5, 5.41) is 20.6. The van der Waals surface area contributed by atoms with Gasteiger partial charge in [-0.05, 0) is 37.8 Å². The first kappa shape index (κ1) is 18.2. The molecular formula is C17H25N3O4. The number of likely N-dealkylation sites (N-methyl/N-ethyl adjacent to an activating group) is 1. The Bertz CT molecular complexity index is 612. The van der Waals surface area contributed by atoms with Gasteiger partial charge in [0.15, 0.2) is 0 Å². The molecule has 0 bridgehead atoms. The topological polar surface area (TPSA) is 86.9 Å². The van der Waals surface area contributed by atoms with Crippen LogP contribution in [0.4, 0.5) is 11.4 Å². The molecule has 1 aliphatic rings. The van der Waals surface area contributed by atoms with Crippen molar-refractivity contribution in [2.24, 2.45) is 5.92 Å². The molecule has 0 spiro atoms. The van der Waals surface area contributed by atoms with Crippen LogP contribution < -0.4 is 4.90 Å². The van der Waals surface area contributed by atoms with Gasteiger partial charge in [-0.25, -0.2) is 0 Å². The third-order valence-electron chi connectivity index (χ3n) is 4.79. The fraction of sp³-hybridized carbons (Fsp3) is 0.588. The minimum atomic E-state index is -0.431. The van der Waals surface area contributed by atoms with E-state index in [1.165, 1.54) is 11.0 Å². The summed E-state index contributed by atoms with van der Waals surface area (Å²) < 4.78 is 0. The monoisotopic (exact) mass is 335 g/mol. The molecule has 24 heavy (non-hydrogen) atoms. The summed E-state index contributed by atoms with van der Waals surface area (Å²) in [6, 6.07) is 4.29. The van der Waals surface area contributed by atoms with E-state index in [9.17, 15) is 20.0 Å². The van der Waals surface area contributed by atoms with Gasteiger partial charge < -0.3 is 14.9 Å². The van der Waals surface area contributed by atoms with E-state index in [1.807, 2.05) is 4.90 Å². The molecule has 0 aliphatic carbocycles. The number of aliphatic hydroxyl groups excluding tert-OH is 1. The number of nitro benzene ring substituents is 1. The summed E-state index contributed by atoms with van der Waals surface area (Å²) in [5.74, 6) is 0.299. The van der Waals surface area contributed by atoms with Gasteiger partial charge in [-0.2, -0.15) is 0 Å². The number of carbonyl (C=O) groups is 1. The number of carbonyl (C=O) groups excluding carboxylic acids is 1. The van der Waals surface area contributed by atoms with Gasteiger partial charge >= 0.3 is 0 Å². The standard InChI is InChI=1S/C17H25N3O4/c1-12-6-8-19(9-7-12)15-5-4-14(10-16(15)20(23)24)17(22)18(3)13(2)11-21/h4-5,10,12-13,21H,6-9,11H2,1-3H3. The van der Waals surface area contributed by atoms with Crippen LogP contribution in [0.25, 0.3) is 0 Å². The van der Waals surface area contributed by atoms with Crippen LogP contribution in [-0.2, 0) is 0 Å². The summed E-state index contributed by atoms with van der Waals surface area (Å²) in [6.07, 6.45) is 2.02. The van der Waals surface area contributed by atoms with Gasteiger partial charge in [-0.1, -0.05) is 6.92 Å². The molecule has 2 rings (SSSR count). The summed E-state index contributed by atoms with van der Waals surface area (Å²) in [6.45, 7) is 5.32. The number of rotatable bonds is 5. The Balaban J connectivity index is 2.30. The zero-order chi connectivity index (χ0) is 17.9. The minimum Gasteiger partial charge on any atom is -0.394 e. The average Bonchev–Trinajstić information content (AvgIpc) is 2.59. The van der Waals surface area contributed by atoms with Gasteiger partial charge in [-0.15, -0.1) is 0 Å². The first-order valence-electron chi connectivity index (χ1n) is 8.26. The predicted molar refractivity (Wildman–Crippen MR) is 92.3 cm³/mol. The molecule has 1 atom stereocenters. The molecule has 1 aliphatic heterocycles. The molecule has 7 heteroatoms. The normalized spacial score (nSPS) is 16.8. The molecule has 1 heterocycles. The zero-order valence-electron chi connectivity index (χ0n) is 14.4. The van der Waals surface area contributed by atoms with Gasteiger partial charge in [0.2, 0.25) is 0 Å². The summed E-state index contributed by atoms with van der Waals surface area (Å²) in [4.78, 5) is 26.9. The molecule has 1 aromatic rings. The second kappa shape index (κ2) is 7.61. The van der Waals surface area contributed by atoms with E-state index < -0.39 is 4.92 Å². The number of aliphatic hydroxyl groups is 1. The minimum absolute atomic E-state index is 0.0412.